The minimum absolute atomic E-state index is 0.421. The van der Waals surface area contributed by atoms with Gasteiger partial charge in [0.15, 0.2) is 0 Å². The molecule has 0 unspecified atom stereocenters. The third kappa shape index (κ3) is 1.71. The summed E-state index contributed by atoms with van der Waals surface area (Å²) in [5.74, 6) is 0. The molecule has 0 amide bonds. The quantitative estimate of drug-likeness (QED) is 0.737. The van der Waals surface area contributed by atoms with Gasteiger partial charge in [-0.3, -0.25) is 14.2 Å². The van der Waals surface area contributed by atoms with E-state index in [0.717, 1.165) is 0 Å². The molecule has 1 aromatic heterocycles. The summed E-state index contributed by atoms with van der Waals surface area (Å²) in [7, 11) is 0. The summed E-state index contributed by atoms with van der Waals surface area (Å²) in [4.78, 5) is 24.9. The predicted octanol–water partition coefficient (Wildman–Crippen LogP) is 1.18. The summed E-state index contributed by atoms with van der Waals surface area (Å²) in [6.07, 6.45) is 2.86. The van der Waals surface area contributed by atoms with Crippen molar-refractivity contribution in [3.63, 3.8) is 0 Å². The molecule has 2 aromatic rings. The van der Waals surface area contributed by atoms with Gasteiger partial charge >= 0.3 is 11.1 Å². The van der Waals surface area contributed by atoms with Crippen LogP contribution in [0.1, 0.15) is 0 Å². The molecule has 0 aliphatic heterocycles. The van der Waals surface area contributed by atoms with E-state index >= 15 is 0 Å². The monoisotopic (exact) mass is 222 g/mol. The third-order valence-corrected chi connectivity index (χ3v) is 2.28. The Labute approximate surface area is 89.8 Å². The number of halogens is 1. The summed E-state index contributed by atoms with van der Waals surface area (Å²) in [5.41, 5.74) is -0.821. The fourth-order valence-electron chi connectivity index (χ4n) is 1.26. The van der Waals surface area contributed by atoms with Crippen molar-refractivity contribution >= 4 is 11.6 Å². The smallest absolute Gasteiger partial charge is 0.320 e. The highest BCUT2D eigenvalue weighted by Gasteiger charge is 2.04. The molecular weight excluding hydrogens is 216 g/mol. The number of nitrogens with zero attached hydrogens (tertiary/aromatic N) is 1. The number of benzene rings is 1. The van der Waals surface area contributed by atoms with E-state index in [0.29, 0.717) is 10.7 Å². The van der Waals surface area contributed by atoms with Crippen molar-refractivity contribution < 1.29 is 0 Å². The van der Waals surface area contributed by atoms with Gasteiger partial charge < -0.3 is 4.98 Å². The van der Waals surface area contributed by atoms with E-state index in [2.05, 4.69) is 4.98 Å². The summed E-state index contributed by atoms with van der Waals surface area (Å²) >= 11 is 5.91. The first-order valence-corrected chi connectivity index (χ1v) is 4.63. The highest BCUT2D eigenvalue weighted by atomic mass is 35.5. The molecule has 1 aromatic carbocycles. The zero-order valence-electron chi connectivity index (χ0n) is 7.61. The number of rotatable bonds is 1. The average molecular weight is 223 g/mol. The van der Waals surface area contributed by atoms with E-state index in [9.17, 15) is 9.59 Å². The molecule has 0 aliphatic rings. The van der Waals surface area contributed by atoms with Crippen molar-refractivity contribution in [2.45, 2.75) is 0 Å². The van der Waals surface area contributed by atoms with Crippen molar-refractivity contribution in [3.8, 4) is 5.69 Å². The number of hydrogen-bond donors (Lipinski definition) is 1. The third-order valence-electron chi connectivity index (χ3n) is 1.96. The van der Waals surface area contributed by atoms with Crippen LogP contribution in [0.15, 0.2) is 46.2 Å². The summed E-state index contributed by atoms with van der Waals surface area (Å²) in [6, 6.07) is 6.83. The second kappa shape index (κ2) is 3.74. The van der Waals surface area contributed by atoms with Gasteiger partial charge in [-0.15, -0.1) is 0 Å². The van der Waals surface area contributed by atoms with Gasteiger partial charge in [-0.25, -0.2) is 0 Å². The van der Waals surface area contributed by atoms with Gasteiger partial charge in [0.25, 0.3) is 0 Å². The maximum Gasteiger partial charge on any atom is 0.320 e. The summed E-state index contributed by atoms with van der Waals surface area (Å²) < 4.78 is 1.21. The highest BCUT2D eigenvalue weighted by Crippen LogP contribution is 2.17. The van der Waals surface area contributed by atoms with Crippen LogP contribution in [0.5, 0.6) is 0 Å². The molecule has 0 saturated heterocycles. The lowest BCUT2D eigenvalue weighted by Crippen LogP contribution is -2.34. The minimum Gasteiger partial charge on any atom is -0.323 e. The molecule has 0 fully saturated rings. The Morgan fingerprint density at radius 2 is 1.93 bits per heavy atom. The van der Waals surface area contributed by atoms with Gasteiger partial charge in [0.05, 0.1) is 10.7 Å². The molecule has 0 aliphatic carbocycles. The van der Waals surface area contributed by atoms with Crippen LogP contribution in [0.3, 0.4) is 0 Å². The second-order valence-electron chi connectivity index (χ2n) is 2.92. The Hall–Kier alpha value is -1.81. The first kappa shape index (κ1) is 9.73. The largest absolute Gasteiger partial charge is 0.323 e. The fourth-order valence-corrected chi connectivity index (χ4v) is 1.49. The highest BCUT2D eigenvalue weighted by molar-refractivity contribution is 6.32. The van der Waals surface area contributed by atoms with Crippen molar-refractivity contribution in [1.29, 1.82) is 0 Å². The van der Waals surface area contributed by atoms with Crippen molar-refractivity contribution in [2.24, 2.45) is 0 Å². The van der Waals surface area contributed by atoms with Crippen molar-refractivity contribution in [3.05, 3.63) is 62.4 Å². The van der Waals surface area contributed by atoms with E-state index in [1.165, 1.54) is 17.0 Å². The van der Waals surface area contributed by atoms with Crippen LogP contribution < -0.4 is 11.1 Å². The SMILES string of the molecule is O=c1[nH]ccn(-c2ccccc2Cl)c1=O. The summed E-state index contributed by atoms with van der Waals surface area (Å²) in [5, 5.41) is 0.421. The Morgan fingerprint density at radius 3 is 2.67 bits per heavy atom. The molecule has 0 atom stereocenters. The zero-order valence-corrected chi connectivity index (χ0v) is 8.36. The van der Waals surface area contributed by atoms with Gasteiger partial charge in [-0.05, 0) is 12.1 Å². The topological polar surface area (TPSA) is 54.9 Å². The van der Waals surface area contributed by atoms with Crippen LogP contribution in [0.25, 0.3) is 5.69 Å². The standard InChI is InChI=1S/C10H7ClN2O2/c11-7-3-1-2-4-8(7)13-6-5-12-9(14)10(13)15/h1-6H,(H,12,14). The second-order valence-corrected chi connectivity index (χ2v) is 3.32. The van der Waals surface area contributed by atoms with Crippen LogP contribution in [0.2, 0.25) is 5.02 Å². The molecule has 0 spiro atoms. The molecule has 76 valence electrons. The van der Waals surface area contributed by atoms with E-state index < -0.39 is 11.1 Å². The Bertz CT molecular complexity index is 601. The normalized spacial score (nSPS) is 10.2. The summed E-state index contributed by atoms with van der Waals surface area (Å²) in [6.45, 7) is 0. The lowest BCUT2D eigenvalue weighted by atomic mass is 10.3. The van der Waals surface area contributed by atoms with Crippen molar-refractivity contribution in [1.82, 2.24) is 9.55 Å². The molecule has 15 heavy (non-hydrogen) atoms. The number of hydrogen-bond acceptors (Lipinski definition) is 2. The van der Waals surface area contributed by atoms with Gasteiger partial charge in [0, 0.05) is 12.4 Å². The molecular formula is C10H7ClN2O2. The maximum atomic E-state index is 11.5. The first-order valence-electron chi connectivity index (χ1n) is 4.25. The number of aromatic nitrogens is 2. The lowest BCUT2D eigenvalue weighted by molar-refractivity contribution is 0.928. The molecule has 2 rings (SSSR count). The van der Waals surface area contributed by atoms with Crippen LogP contribution in [0.4, 0.5) is 0 Å². The van der Waals surface area contributed by atoms with Crippen LogP contribution in [-0.2, 0) is 0 Å². The van der Waals surface area contributed by atoms with Gasteiger partial charge in [-0.1, -0.05) is 23.7 Å². The van der Waals surface area contributed by atoms with E-state index in [1.54, 1.807) is 24.3 Å². The molecule has 5 heteroatoms. The van der Waals surface area contributed by atoms with E-state index in [1.807, 2.05) is 0 Å². The van der Waals surface area contributed by atoms with Crippen LogP contribution in [0, 0.1) is 0 Å². The fraction of sp³-hybridized carbons (Fsp3) is 0. The average Bonchev–Trinajstić information content (AvgIpc) is 2.23. The first-order chi connectivity index (χ1) is 7.20. The van der Waals surface area contributed by atoms with Crippen LogP contribution in [-0.4, -0.2) is 9.55 Å². The van der Waals surface area contributed by atoms with E-state index in [-0.39, 0.29) is 0 Å². The Balaban J connectivity index is 2.76. The molecule has 0 saturated carbocycles. The molecule has 1 heterocycles. The maximum absolute atomic E-state index is 11.5. The molecule has 0 bridgehead atoms. The number of aromatic amines is 1. The minimum atomic E-state index is -0.669. The Morgan fingerprint density at radius 1 is 1.20 bits per heavy atom. The Kier molecular flexibility index (Phi) is 2.43. The number of nitrogens with one attached hydrogen (secondary N) is 1. The van der Waals surface area contributed by atoms with Crippen molar-refractivity contribution in [2.75, 3.05) is 0 Å². The van der Waals surface area contributed by atoms with E-state index in [4.69, 9.17) is 11.6 Å². The van der Waals surface area contributed by atoms with Gasteiger partial charge in [-0.2, -0.15) is 0 Å². The lowest BCUT2D eigenvalue weighted by Gasteiger charge is -2.05. The van der Waals surface area contributed by atoms with Crippen LogP contribution >= 0.6 is 11.6 Å². The van der Waals surface area contributed by atoms with Gasteiger partial charge in [0.2, 0.25) is 0 Å². The molecule has 0 radical (unpaired) electrons. The number of para-hydroxylation sites is 1. The predicted molar refractivity (Wildman–Crippen MR) is 57.7 cm³/mol. The molecule has 1 N–H and O–H groups in total. The van der Waals surface area contributed by atoms with Gasteiger partial charge in [0.1, 0.15) is 0 Å². The zero-order chi connectivity index (χ0) is 10.8. The number of H-pyrrole nitrogens is 1. The molecule has 4 nitrogen and oxygen atoms in total.